The molecule has 0 saturated carbocycles. The van der Waals surface area contributed by atoms with Gasteiger partial charge in [0.1, 0.15) is 28.3 Å². The Hall–Kier alpha value is -2.64. The number of hydrogen-bond acceptors (Lipinski definition) is 7. The SMILES string of the molecule is CCC(O)c1cc(=O)oc2c(C(=O)CC(C)C)c(O)c3cc(C(C)(C)O)oc3c12. The molecule has 156 valence electrons. The van der Waals surface area contributed by atoms with Crippen LogP contribution < -0.4 is 5.63 Å². The molecule has 0 aliphatic carbocycles. The zero-order valence-corrected chi connectivity index (χ0v) is 17.2. The number of carbonyl (C=O) groups is 1. The summed E-state index contributed by atoms with van der Waals surface area (Å²) in [7, 11) is 0. The summed E-state index contributed by atoms with van der Waals surface area (Å²) < 4.78 is 11.2. The molecule has 2 aromatic heterocycles. The van der Waals surface area contributed by atoms with Crippen molar-refractivity contribution in [2.75, 3.05) is 0 Å². The van der Waals surface area contributed by atoms with Crippen LogP contribution in [-0.2, 0) is 5.60 Å². The van der Waals surface area contributed by atoms with Gasteiger partial charge in [-0.25, -0.2) is 4.79 Å². The molecule has 0 aliphatic rings. The largest absolute Gasteiger partial charge is 0.506 e. The minimum atomic E-state index is -1.35. The molecule has 0 radical (unpaired) electrons. The highest BCUT2D eigenvalue weighted by atomic mass is 16.4. The Kier molecular flexibility index (Phi) is 5.32. The summed E-state index contributed by atoms with van der Waals surface area (Å²) in [5, 5.41) is 32.2. The van der Waals surface area contributed by atoms with Gasteiger partial charge in [-0.15, -0.1) is 0 Å². The number of aromatic hydroxyl groups is 1. The van der Waals surface area contributed by atoms with E-state index in [1.165, 1.54) is 19.9 Å². The predicted molar refractivity (Wildman–Crippen MR) is 108 cm³/mol. The maximum Gasteiger partial charge on any atom is 0.336 e. The lowest BCUT2D eigenvalue weighted by molar-refractivity contribution is 0.0559. The molecule has 1 atom stereocenters. The Morgan fingerprint density at radius 3 is 2.38 bits per heavy atom. The van der Waals surface area contributed by atoms with Crippen LogP contribution >= 0.6 is 0 Å². The average Bonchev–Trinajstić information content (AvgIpc) is 3.05. The van der Waals surface area contributed by atoms with Crippen molar-refractivity contribution in [2.45, 2.75) is 59.2 Å². The minimum Gasteiger partial charge on any atom is -0.506 e. The molecule has 1 unspecified atom stereocenters. The van der Waals surface area contributed by atoms with Crippen molar-refractivity contribution in [1.29, 1.82) is 0 Å². The number of aliphatic hydroxyl groups is 2. The topological polar surface area (TPSA) is 121 Å². The van der Waals surface area contributed by atoms with Gasteiger partial charge in [-0.05, 0) is 32.3 Å². The first kappa shape index (κ1) is 21.1. The van der Waals surface area contributed by atoms with Crippen molar-refractivity contribution in [1.82, 2.24) is 0 Å². The molecule has 0 spiro atoms. The number of hydrogen-bond donors (Lipinski definition) is 3. The van der Waals surface area contributed by atoms with E-state index in [1.54, 1.807) is 6.92 Å². The second-order valence-corrected chi connectivity index (χ2v) is 8.31. The number of benzene rings is 1. The Morgan fingerprint density at radius 2 is 1.83 bits per heavy atom. The summed E-state index contributed by atoms with van der Waals surface area (Å²) >= 11 is 0. The zero-order chi connectivity index (χ0) is 21.7. The van der Waals surface area contributed by atoms with Gasteiger partial charge in [0.2, 0.25) is 0 Å². The molecular weight excluding hydrogens is 376 g/mol. The number of carbonyl (C=O) groups excluding carboxylic acids is 1. The molecular formula is C22H26O7. The van der Waals surface area contributed by atoms with E-state index in [0.717, 1.165) is 6.07 Å². The average molecular weight is 402 g/mol. The molecule has 0 fully saturated rings. The number of ketones is 1. The van der Waals surface area contributed by atoms with E-state index in [1.807, 2.05) is 13.8 Å². The zero-order valence-electron chi connectivity index (χ0n) is 17.2. The van der Waals surface area contributed by atoms with Crippen LogP contribution in [0.5, 0.6) is 5.75 Å². The van der Waals surface area contributed by atoms with Gasteiger partial charge >= 0.3 is 5.63 Å². The molecule has 1 aromatic carbocycles. The highest BCUT2D eigenvalue weighted by Crippen LogP contribution is 2.43. The van der Waals surface area contributed by atoms with Crippen LogP contribution in [0.25, 0.3) is 21.9 Å². The monoisotopic (exact) mass is 402 g/mol. The number of phenolic OH excluding ortho intramolecular Hbond substituents is 1. The fraction of sp³-hybridized carbons (Fsp3) is 0.455. The third-order valence-corrected chi connectivity index (χ3v) is 4.89. The number of fused-ring (bicyclic) bond motifs is 3. The molecule has 3 rings (SSSR count). The lowest BCUT2D eigenvalue weighted by atomic mass is 9.93. The maximum absolute atomic E-state index is 12.9. The van der Waals surface area contributed by atoms with Crippen LogP contribution in [0.2, 0.25) is 0 Å². The van der Waals surface area contributed by atoms with Crippen molar-refractivity contribution < 1.29 is 28.9 Å². The third-order valence-electron chi connectivity index (χ3n) is 4.89. The van der Waals surface area contributed by atoms with Gasteiger partial charge in [-0.1, -0.05) is 20.8 Å². The lowest BCUT2D eigenvalue weighted by Gasteiger charge is -2.15. The standard InChI is InChI=1S/C22H26O7/c1-6-13(23)11-9-16(25)29-21-17(11)20-12(8-15(28-20)22(4,5)27)19(26)18(21)14(24)7-10(2)3/h8-10,13,23,26-27H,6-7H2,1-5H3. The van der Waals surface area contributed by atoms with Crippen LogP contribution in [0.1, 0.15) is 75.2 Å². The fourth-order valence-corrected chi connectivity index (χ4v) is 3.43. The quantitative estimate of drug-likeness (QED) is 0.418. The summed E-state index contributed by atoms with van der Waals surface area (Å²) in [5.74, 6) is -0.578. The molecule has 3 N–H and O–H groups in total. The smallest absolute Gasteiger partial charge is 0.336 e. The van der Waals surface area contributed by atoms with E-state index in [0.29, 0.717) is 6.42 Å². The molecule has 2 heterocycles. The van der Waals surface area contributed by atoms with E-state index in [9.17, 15) is 24.9 Å². The number of furan rings is 1. The van der Waals surface area contributed by atoms with Gasteiger partial charge in [-0.3, -0.25) is 4.79 Å². The Labute approximate surface area is 167 Å². The number of aliphatic hydroxyl groups excluding tert-OH is 1. The Bertz CT molecular complexity index is 1140. The Balaban J connectivity index is 2.55. The van der Waals surface area contributed by atoms with Gasteiger partial charge in [0, 0.05) is 18.1 Å². The van der Waals surface area contributed by atoms with Gasteiger partial charge in [0.15, 0.2) is 11.4 Å². The summed E-state index contributed by atoms with van der Waals surface area (Å²) in [6.07, 6.45) is -0.553. The third kappa shape index (κ3) is 3.68. The van der Waals surface area contributed by atoms with E-state index in [-0.39, 0.29) is 62.7 Å². The summed E-state index contributed by atoms with van der Waals surface area (Å²) in [4.78, 5) is 25.1. The van der Waals surface area contributed by atoms with E-state index in [2.05, 4.69) is 0 Å². The molecule has 0 amide bonds. The summed E-state index contributed by atoms with van der Waals surface area (Å²) in [6.45, 7) is 8.52. The lowest BCUT2D eigenvalue weighted by Crippen LogP contribution is -2.13. The molecule has 0 saturated heterocycles. The second kappa shape index (κ2) is 7.31. The van der Waals surface area contributed by atoms with Crippen molar-refractivity contribution in [2.24, 2.45) is 5.92 Å². The highest BCUT2D eigenvalue weighted by molar-refractivity contribution is 6.18. The van der Waals surface area contributed by atoms with E-state index in [4.69, 9.17) is 8.83 Å². The van der Waals surface area contributed by atoms with Gasteiger partial charge < -0.3 is 24.2 Å². The van der Waals surface area contributed by atoms with Crippen molar-refractivity contribution in [3.63, 3.8) is 0 Å². The fourth-order valence-electron chi connectivity index (χ4n) is 3.43. The summed E-state index contributed by atoms with van der Waals surface area (Å²) in [6, 6.07) is 2.62. The van der Waals surface area contributed by atoms with Crippen LogP contribution in [0.3, 0.4) is 0 Å². The van der Waals surface area contributed by atoms with Crippen LogP contribution in [-0.4, -0.2) is 21.1 Å². The first-order valence-electron chi connectivity index (χ1n) is 9.66. The van der Waals surface area contributed by atoms with Crippen LogP contribution in [0.15, 0.2) is 25.8 Å². The Morgan fingerprint density at radius 1 is 1.17 bits per heavy atom. The molecule has 0 bridgehead atoms. The van der Waals surface area contributed by atoms with E-state index < -0.39 is 17.3 Å². The molecule has 7 heteroatoms. The number of rotatable bonds is 6. The van der Waals surface area contributed by atoms with Crippen molar-refractivity contribution >= 4 is 27.7 Å². The number of Topliss-reactive ketones (excluding diaryl/α,β-unsaturated/α-hetero) is 1. The van der Waals surface area contributed by atoms with Crippen LogP contribution in [0.4, 0.5) is 0 Å². The minimum absolute atomic E-state index is 0.0140. The number of phenols is 1. The van der Waals surface area contributed by atoms with Gasteiger partial charge in [-0.2, -0.15) is 0 Å². The first-order chi connectivity index (χ1) is 13.5. The van der Waals surface area contributed by atoms with Crippen molar-refractivity contribution in [3.8, 4) is 5.75 Å². The normalized spacial score (nSPS) is 13.5. The molecule has 29 heavy (non-hydrogen) atoms. The van der Waals surface area contributed by atoms with Gasteiger partial charge in [0.25, 0.3) is 0 Å². The maximum atomic E-state index is 12.9. The van der Waals surface area contributed by atoms with Crippen molar-refractivity contribution in [3.05, 3.63) is 39.4 Å². The second-order valence-electron chi connectivity index (χ2n) is 8.31. The highest BCUT2D eigenvalue weighted by Gasteiger charge is 2.30. The predicted octanol–water partition coefficient (Wildman–Crippen LogP) is 4.14. The van der Waals surface area contributed by atoms with Gasteiger partial charge in [0.05, 0.1) is 16.9 Å². The summed E-state index contributed by atoms with van der Waals surface area (Å²) in [5.41, 5.74) is -1.94. The molecule has 3 aromatic rings. The molecule has 7 nitrogen and oxygen atoms in total. The first-order valence-corrected chi connectivity index (χ1v) is 9.66. The van der Waals surface area contributed by atoms with Crippen LogP contribution in [0, 0.1) is 5.92 Å². The molecule has 0 aliphatic heterocycles. The van der Waals surface area contributed by atoms with E-state index >= 15 is 0 Å².